The van der Waals surface area contributed by atoms with Crippen LogP contribution in [0.2, 0.25) is 0 Å². The van der Waals surface area contributed by atoms with Gasteiger partial charge in [-0.1, -0.05) is 91.0 Å². The van der Waals surface area contributed by atoms with Crippen molar-refractivity contribution in [2.75, 3.05) is 9.80 Å². The first-order valence-electron chi connectivity index (χ1n) is 19.6. The van der Waals surface area contributed by atoms with E-state index in [0.29, 0.717) is 5.41 Å². The van der Waals surface area contributed by atoms with E-state index >= 15 is 0 Å². The highest BCUT2D eigenvalue weighted by atomic mass is 16.3. The summed E-state index contributed by atoms with van der Waals surface area (Å²) in [5, 5.41) is 2.20. The standard InChI is InChI=1S/C51H40N2O/c1-4-10-40(11-5-1)52(41-12-6-2-7-13-41)45-24-26-46-47-30-44(25-27-48(47)54-49(46)31-45)53(42-14-8-3-9-15-42)43-22-18-35(19-23-43)34-16-20-36(21-17-34)50-32-38-28-37-29-39(33-50)51(37,38)50/h1-27,30-31,37-39H,28-29,32-33H2. The molecule has 1 aromatic heterocycles. The summed E-state index contributed by atoms with van der Waals surface area (Å²) < 4.78 is 6.55. The van der Waals surface area contributed by atoms with Gasteiger partial charge in [-0.2, -0.15) is 0 Å². The summed E-state index contributed by atoms with van der Waals surface area (Å²) in [5.74, 6) is 3.10. The minimum absolute atomic E-state index is 0.510. The fourth-order valence-corrected chi connectivity index (χ4v) is 11.9. The van der Waals surface area contributed by atoms with Crippen LogP contribution in [0.3, 0.4) is 0 Å². The van der Waals surface area contributed by atoms with Crippen LogP contribution in [0.25, 0.3) is 33.1 Å². The number of anilines is 6. The maximum atomic E-state index is 6.55. The van der Waals surface area contributed by atoms with Gasteiger partial charge in [-0.15, -0.1) is 0 Å². The number of hydrogen-bond donors (Lipinski definition) is 0. The van der Waals surface area contributed by atoms with E-state index in [1.54, 1.807) is 5.56 Å². The molecule has 4 saturated carbocycles. The Morgan fingerprint density at radius 3 is 1.43 bits per heavy atom. The van der Waals surface area contributed by atoms with E-state index < -0.39 is 0 Å². The van der Waals surface area contributed by atoms with Crippen molar-refractivity contribution in [2.45, 2.75) is 31.1 Å². The molecule has 260 valence electrons. The third-order valence-corrected chi connectivity index (χ3v) is 14.1. The molecular formula is C51H40N2O. The van der Waals surface area contributed by atoms with Crippen molar-refractivity contribution in [3.05, 3.63) is 181 Å². The molecule has 12 rings (SSSR count). The summed E-state index contributed by atoms with van der Waals surface area (Å²) in [6.45, 7) is 0. The van der Waals surface area contributed by atoms with Gasteiger partial charge in [-0.25, -0.2) is 0 Å². The van der Waals surface area contributed by atoms with E-state index in [1.807, 2.05) is 0 Å². The van der Waals surface area contributed by atoms with Crippen molar-refractivity contribution in [2.24, 2.45) is 23.2 Å². The molecule has 2 unspecified atom stereocenters. The molecule has 4 aliphatic rings. The summed E-state index contributed by atoms with van der Waals surface area (Å²) in [4.78, 5) is 4.62. The molecular weight excluding hydrogens is 657 g/mol. The fourth-order valence-electron chi connectivity index (χ4n) is 11.9. The van der Waals surface area contributed by atoms with Gasteiger partial charge in [0.25, 0.3) is 0 Å². The van der Waals surface area contributed by atoms with Gasteiger partial charge in [-0.3, -0.25) is 0 Å². The van der Waals surface area contributed by atoms with Crippen LogP contribution in [0.15, 0.2) is 180 Å². The predicted molar refractivity (Wildman–Crippen MR) is 222 cm³/mol. The van der Waals surface area contributed by atoms with E-state index in [0.717, 1.165) is 79.2 Å². The monoisotopic (exact) mass is 696 g/mol. The summed E-state index contributed by atoms with van der Waals surface area (Å²) in [5.41, 5.74) is 13.7. The summed E-state index contributed by atoms with van der Waals surface area (Å²) in [7, 11) is 0. The molecule has 1 spiro atoms. The van der Waals surface area contributed by atoms with E-state index in [9.17, 15) is 0 Å². The number of nitrogens with zero attached hydrogens (tertiary/aromatic N) is 2. The second-order valence-corrected chi connectivity index (χ2v) is 16.3. The maximum absolute atomic E-state index is 6.55. The van der Waals surface area contributed by atoms with E-state index in [1.165, 1.54) is 36.8 Å². The van der Waals surface area contributed by atoms with Gasteiger partial charge in [0.05, 0.1) is 0 Å². The van der Waals surface area contributed by atoms with Gasteiger partial charge in [0.1, 0.15) is 11.2 Å². The van der Waals surface area contributed by atoms with Gasteiger partial charge in [-0.05, 0) is 144 Å². The molecule has 0 amide bonds. The Morgan fingerprint density at radius 2 is 0.889 bits per heavy atom. The Labute approximate surface area is 316 Å². The Balaban J connectivity index is 0.879. The van der Waals surface area contributed by atoms with Crippen molar-refractivity contribution in [3.8, 4) is 11.1 Å². The zero-order valence-corrected chi connectivity index (χ0v) is 30.1. The smallest absolute Gasteiger partial charge is 0.137 e. The van der Waals surface area contributed by atoms with Gasteiger partial charge in [0.2, 0.25) is 0 Å². The Hall–Kier alpha value is -6.06. The molecule has 3 nitrogen and oxygen atoms in total. The van der Waals surface area contributed by atoms with Gasteiger partial charge in [0.15, 0.2) is 0 Å². The van der Waals surface area contributed by atoms with Crippen LogP contribution in [-0.4, -0.2) is 0 Å². The first kappa shape index (κ1) is 30.4. The molecule has 7 aromatic carbocycles. The highest BCUT2D eigenvalue weighted by molar-refractivity contribution is 6.07. The van der Waals surface area contributed by atoms with E-state index in [4.69, 9.17) is 4.42 Å². The van der Waals surface area contributed by atoms with Crippen molar-refractivity contribution in [1.29, 1.82) is 0 Å². The lowest BCUT2D eigenvalue weighted by Gasteiger charge is -2.91. The highest BCUT2D eigenvalue weighted by Gasteiger charge is 2.87. The third kappa shape index (κ3) is 4.07. The van der Waals surface area contributed by atoms with Crippen LogP contribution in [0.1, 0.15) is 31.2 Å². The second kappa shape index (κ2) is 11.2. The number of benzene rings is 7. The highest BCUT2D eigenvalue weighted by Crippen LogP contribution is 2.92. The SMILES string of the molecule is c1ccc(N(c2ccccc2)c2ccc3c(c2)oc2ccc(N(c4ccccc4)c4ccc(-c5ccc(C67CC8CC9CC(C6)C987)cc5)cc4)cc23)cc1. The topological polar surface area (TPSA) is 19.6 Å². The first-order chi connectivity index (χ1) is 26.7. The minimum Gasteiger partial charge on any atom is -0.456 e. The molecule has 8 aromatic rings. The van der Waals surface area contributed by atoms with Crippen LogP contribution < -0.4 is 9.80 Å². The lowest BCUT2D eigenvalue weighted by molar-refractivity contribution is -0.395. The van der Waals surface area contributed by atoms with E-state index in [-0.39, 0.29) is 0 Å². The Morgan fingerprint density at radius 1 is 0.407 bits per heavy atom. The molecule has 54 heavy (non-hydrogen) atoms. The average molecular weight is 697 g/mol. The molecule has 0 saturated heterocycles. The molecule has 2 atom stereocenters. The lowest BCUT2D eigenvalue weighted by atomic mass is 9.12. The number of fused-ring (bicyclic) bond motifs is 3. The summed E-state index contributed by atoms with van der Waals surface area (Å²) in [6, 6.07) is 63.6. The van der Waals surface area contributed by atoms with Crippen LogP contribution >= 0.6 is 0 Å². The van der Waals surface area contributed by atoms with Crippen LogP contribution in [-0.2, 0) is 5.41 Å². The molecule has 0 bridgehead atoms. The predicted octanol–water partition coefficient (Wildman–Crippen LogP) is 13.9. The van der Waals surface area contributed by atoms with Gasteiger partial charge >= 0.3 is 0 Å². The molecule has 0 N–H and O–H groups in total. The molecule has 4 aliphatic carbocycles. The lowest BCUT2D eigenvalue weighted by Crippen LogP contribution is -2.87. The number of furan rings is 1. The largest absolute Gasteiger partial charge is 0.456 e. The zero-order chi connectivity index (χ0) is 35.4. The van der Waals surface area contributed by atoms with Crippen LogP contribution in [0.5, 0.6) is 0 Å². The summed E-state index contributed by atoms with van der Waals surface area (Å²) >= 11 is 0. The number of para-hydroxylation sites is 3. The van der Waals surface area contributed by atoms with Crippen molar-refractivity contribution < 1.29 is 4.42 Å². The van der Waals surface area contributed by atoms with Crippen molar-refractivity contribution >= 4 is 56.1 Å². The first-order valence-corrected chi connectivity index (χ1v) is 19.6. The second-order valence-electron chi connectivity index (χ2n) is 16.3. The fraction of sp³-hybridized carbons (Fsp3) is 0.176. The minimum atomic E-state index is 0.510. The Kier molecular flexibility index (Phi) is 6.32. The van der Waals surface area contributed by atoms with Crippen LogP contribution in [0, 0.1) is 23.2 Å². The molecule has 1 heterocycles. The van der Waals surface area contributed by atoms with Crippen molar-refractivity contribution in [3.63, 3.8) is 0 Å². The Bertz CT molecular complexity index is 2620. The number of rotatable bonds is 8. The number of hydrogen-bond acceptors (Lipinski definition) is 3. The summed E-state index contributed by atoms with van der Waals surface area (Å²) in [6.07, 6.45) is 5.90. The average Bonchev–Trinajstić information content (AvgIpc) is 3.56. The molecule has 4 fully saturated rings. The normalized spacial score (nSPS) is 24.3. The molecule has 3 heteroatoms. The van der Waals surface area contributed by atoms with Gasteiger partial charge < -0.3 is 14.2 Å². The van der Waals surface area contributed by atoms with E-state index in [2.05, 4.69) is 186 Å². The maximum Gasteiger partial charge on any atom is 0.137 e. The molecule has 0 aliphatic heterocycles. The quantitative estimate of drug-likeness (QED) is 0.158. The van der Waals surface area contributed by atoms with Gasteiger partial charge in [0, 0.05) is 56.4 Å². The van der Waals surface area contributed by atoms with Crippen LogP contribution in [0.4, 0.5) is 34.1 Å². The van der Waals surface area contributed by atoms with Crippen molar-refractivity contribution in [1.82, 2.24) is 0 Å². The molecule has 0 radical (unpaired) electrons. The zero-order valence-electron chi connectivity index (χ0n) is 30.1. The third-order valence-electron chi connectivity index (χ3n) is 14.1.